The van der Waals surface area contributed by atoms with Crippen molar-refractivity contribution in [3.05, 3.63) is 75.9 Å². The minimum Gasteiger partial charge on any atom is -0.350 e. The molecule has 1 aromatic heterocycles. The maximum Gasteiger partial charge on any atom is 0.255 e. The van der Waals surface area contributed by atoms with Crippen LogP contribution in [0.2, 0.25) is 0 Å². The van der Waals surface area contributed by atoms with Gasteiger partial charge in [-0.2, -0.15) is 0 Å². The predicted molar refractivity (Wildman–Crippen MR) is 149 cm³/mol. The molecule has 0 saturated carbocycles. The van der Waals surface area contributed by atoms with Crippen LogP contribution in [-0.4, -0.2) is 51.1 Å². The van der Waals surface area contributed by atoms with E-state index in [1.807, 2.05) is 75.7 Å². The van der Waals surface area contributed by atoms with Crippen LogP contribution >= 0.6 is 11.3 Å². The van der Waals surface area contributed by atoms with Gasteiger partial charge in [0.1, 0.15) is 12.1 Å². The number of fused-ring (bicyclic) bond motifs is 1. The second-order valence-corrected chi connectivity index (χ2v) is 11.5. The minimum absolute atomic E-state index is 0.0770. The van der Waals surface area contributed by atoms with Crippen LogP contribution in [0, 0.1) is 19.8 Å². The number of benzene rings is 2. The van der Waals surface area contributed by atoms with Crippen molar-refractivity contribution in [3.8, 4) is 10.4 Å². The van der Waals surface area contributed by atoms with Crippen molar-refractivity contribution < 1.29 is 14.4 Å². The number of thiazole rings is 1. The Labute approximate surface area is 227 Å². The molecule has 0 bridgehead atoms. The first-order valence-corrected chi connectivity index (χ1v) is 14.1. The number of carbonyl (C=O) groups excluding carboxylic acids is 3. The van der Waals surface area contributed by atoms with Crippen molar-refractivity contribution in [2.45, 2.75) is 65.7 Å². The maximum absolute atomic E-state index is 13.9. The zero-order valence-corrected chi connectivity index (χ0v) is 23.2. The molecule has 0 spiro atoms. The number of likely N-dealkylation sites (tertiary alicyclic amines) is 1. The van der Waals surface area contributed by atoms with Crippen LogP contribution in [0.25, 0.3) is 10.4 Å². The number of aromatic nitrogens is 1. The van der Waals surface area contributed by atoms with Gasteiger partial charge in [0.2, 0.25) is 11.8 Å². The topological polar surface area (TPSA) is 82.6 Å². The van der Waals surface area contributed by atoms with Gasteiger partial charge in [0.15, 0.2) is 0 Å². The molecule has 198 valence electrons. The van der Waals surface area contributed by atoms with E-state index >= 15 is 0 Å². The van der Waals surface area contributed by atoms with Crippen molar-refractivity contribution >= 4 is 29.1 Å². The normalized spacial score (nSPS) is 17.7. The summed E-state index contributed by atoms with van der Waals surface area (Å²) in [5.41, 5.74) is 7.68. The average molecular weight is 531 g/mol. The van der Waals surface area contributed by atoms with Gasteiger partial charge in [-0.25, -0.2) is 4.98 Å². The molecule has 3 aromatic rings. The highest BCUT2D eigenvalue weighted by molar-refractivity contribution is 7.13. The van der Waals surface area contributed by atoms with Gasteiger partial charge < -0.3 is 15.1 Å². The van der Waals surface area contributed by atoms with E-state index in [4.69, 9.17) is 0 Å². The second kappa shape index (κ2) is 10.7. The van der Waals surface area contributed by atoms with Crippen LogP contribution in [0.1, 0.15) is 59.4 Å². The molecule has 1 unspecified atom stereocenters. The molecule has 1 fully saturated rings. The molecule has 1 N–H and O–H groups in total. The second-order valence-electron chi connectivity index (χ2n) is 10.7. The van der Waals surface area contributed by atoms with Gasteiger partial charge >= 0.3 is 0 Å². The Morgan fingerprint density at radius 3 is 2.58 bits per heavy atom. The monoisotopic (exact) mass is 530 g/mol. The Morgan fingerprint density at radius 1 is 1.13 bits per heavy atom. The third-order valence-corrected chi connectivity index (χ3v) is 8.56. The number of hydrogen-bond donors (Lipinski definition) is 1. The third-order valence-electron chi connectivity index (χ3n) is 7.58. The van der Waals surface area contributed by atoms with Gasteiger partial charge in [0, 0.05) is 25.2 Å². The van der Waals surface area contributed by atoms with E-state index in [1.54, 1.807) is 21.1 Å². The van der Waals surface area contributed by atoms with E-state index in [0.717, 1.165) is 39.2 Å². The summed E-state index contributed by atoms with van der Waals surface area (Å²) in [6.45, 7) is 9.27. The Kier molecular flexibility index (Phi) is 7.34. The third kappa shape index (κ3) is 4.97. The van der Waals surface area contributed by atoms with Crippen molar-refractivity contribution in [2.75, 3.05) is 6.54 Å². The number of aryl methyl sites for hydroxylation is 2. The summed E-state index contributed by atoms with van der Waals surface area (Å²) >= 11 is 1.61. The first kappa shape index (κ1) is 26.1. The Balaban J connectivity index is 1.25. The summed E-state index contributed by atoms with van der Waals surface area (Å²) < 4.78 is 0. The zero-order valence-electron chi connectivity index (χ0n) is 22.4. The molecule has 2 aliphatic rings. The molecule has 38 heavy (non-hydrogen) atoms. The van der Waals surface area contributed by atoms with Crippen LogP contribution < -0.4 is 5.32 Å². The van der Waals surface area contributed by atoms with E-state index in [1.165, 1.54) is 0 Å². The molecule has 0 radical (unpaired) electrons. The summed E-state index contributed by atoms with van der Waals surface area (Å²) in [5.74, 6) is -0.469. The lowest BCUT2D eigenvalue weighted by atomic mass is 10.0. The average Bonchev–Trinajstić information content (AvgIpc) is 3.62. The summed E-state index contributed by atoms with van der Waals surface area (Å²) in [6.07, 6.45) is 1.39. The number of nitrogens with one attached hydrogen (secondary N) is 1. The summed E-state index contributed by atoms with van der Waals surface area (Å²) in [5, 5.41) is 3.04. The van der Waals surface area contributed by atoms with E-state index in [9.17, 15) is 14.4 Å². The SMILES string of the molecule is Cc1ccc2c(c1)CN(C(C(=O)N1CCC[C@H]1C(=O)NCc1ccc(-c3scnc3C)cc1)C(C)C)C2=O. The van der Waals surface area contributed by atoms with Gasteiger partial charge in [-0.3, -0.25) is 14.4 Å². The molecule has 0 aliphatic carbocycles. The lowest BCUT2D eigenvalue weighted by molar-refractivity contribution is -0.143. The van der Waals surface area contributed by atoms with Crippen LogP contribution in [0.4, 0.5) is 0 Å². The van der Waals surface area contributed by atoms with Crippen LogP contribution in [0.15, 0.2) is 48.0 Å². The Hall–Kier alpha value is -3.52. The molecule has 7 nitrogen and oxygen atoms in total. The van der Waals surface area contributed by atoms with Crippen molar-refractivity contribution in [2.24, 2.45) is 5.92 Å². The predicted octanol–water partition coefficient (Wildman–Crippen LogP) is 4.71. The standard InChI is InChI=1S/C30H34N4O3S/c1-18(2)26(34-16-23-14-19(3)7-12-24(23)29(34)36)30(37)33-13-5-6-25(33)28(35)31-15-21-8-10-22(11-9-21)27-20(4)32-17-38-27/h7-12,14,17-18,25-26H,5-6,13,15-16H2,1-4H3,(H,31,35)/t25-,26?/m0/s1. The highest BCUT2D eigenvalue weighted by Crippen LogP contribution is 2.31. The first-order valence-electron chi connectivity index (χ1n) is 13.2. The maximum atomic E-state index is 13.9. The molecule has 5 rings (SSSR count). The lowest BCUT2D eigenvalue weighted by Crippen LogP contribution is -2.55. The number of carbonyl (C=O) groups is 3. The van der Waals surface area contributed by atoms with Gasteiger partial charge in [0.05, 0.1) is 16.1 Å². The molecule has 2 atom stereocenters. The van der Waals surface area contributed by atoms with Crippen LogP contribution in [-0.2, 0) is 22.7 Å². The van der Waals surface area contributed by atoms with E-state index in [-0.39, 0.29) is 23.6 Å². The Bertz CT molecular complexity index is 1360. The largest absolute Gasteiger partial charge is 0.350 e. The molecule has 1 saturated heterocycles. The van der Waals surface area contributed by atoms with Gasteiger partial charge in [-0.05, 0) is 55.4 Å². The van der Waals surface area contributed by atoms with Crippen LogP contribution in [0.5, 0.6) is 0 Å². The summed E-state index contributed by atoms with van der Waals surface area (Å²) in [7, 11) is 0. The highest BCUT2D eigenvalue weighted by Gasteiger charge is 2.43. The fourth-order valence-corrected chi connectivity index (χ4v) is 6.42. The van der Waals surface area contributed by atoms with Gasteiger partial charge in [-0.1, -0.05) is 55.8 Å². The van der Waals surface area contributed by atoms with Gasteiger partial charge in [-0.15, -0.1) is 11.3 Å². The first-order chi connectivity index (χ1) is 18.2. The summed E-state index contributed by atoms with van der Waals surface area (Å²) in [4.78, 5) is 49.2. The van der Waals surface area contributed by atoms with Gasteiger partial charge in [0.25, 0.3) is 5.91 Å². The van der Waals surface area contributed by atoms with Crippen LogP contribution in [0.3, 0.4) is 0 Å². The lowest BCUT2D eigenvalue weighted by Gasteiger charge is -2.35. The number of hydrogen-bond acceptors (Lipinski definition) is 5. The smallest absolute Gasteiger partial charge is 0.255 e. The van der Waals surface area contributed by atoms with E-state index in [2.05, 4.69) is 10.3 Å². The minimum atomic E-state index is -0.605. The highest BCUT2D eigenvalue weighted by atomic mass is 32.1. The molecule has 2 aromatic carbocycles. The zero-order chi connectivity index (χ0) is 27.0. The molecule has 3 amide bonds. The number of nitrogens with zero attached hydrogens (tertiary/aromatic N) is 3. The van der Waals surface area contributed by atoms with Crippen molar-refractivity contribution in [3.63, 3.8) is 0 Å². The van der Waals surface area contributed by atoms with Crippen molar-refractivity contribution in [1.82, 2.24) is 20.1 Å². The number of amides is 3. The fraction of sp³-hybridized carbons (Fsp3) is 0.400. The van der Waals surface area contributed by atoms with E-state index < -0.39 is 12.1 Å². The number of rotatable bonds is 7. The Morgan fingerprint density at radius 2 is 1.89 bits per heavy atom. The molecular formula is C30H34N4O3S. The molecule has 3 heterocycles. The van der Waals surface area contributed by atoms with Crippen molar-refractivity contribution in [1.29, 1.82) is 0 Å². The fourth-order valence-electron chi connectivity index (χ4n) is 5.61. The van der Waals surface area contributed by atoms with E-state index in [0.29, 0.717) is 31.6 Å². The molecule has 8 heteroatoms. The quantitative estimate of drug-likeness (QED) is 0.480. The molecule has 2 aliphatic heterocycles. The molecular weight excluding hydrogens is 496 g/mol. The summed E-state index contributed by atoms with van der Waals surface area (Å²) in [6, 6.07) is 12.8.